The molecule has 0 unspecified atom stereocenters. The van der Waals surface area contributed by atoms with Crippen molar-refractivity contribution in [2.75, 3.05) is 5.43 Å². The number of carbonyl (C=O) groups is 1. The molecular formula is C18H17N5O2S2. The summed E-state index contributed by atoms with van der Waals surface area (Å²) < 4.78 is 6.78. The maximum atomic E-state index is 11.9. The first-order chi connectivity index (χ1) is 13.1. The zero-order chi connectivity index (χ0) is 19.1. The summed E-state index contributed by atoms with van der Waals surface area (Å²) in [6.45, 7) is 1.80. The van der Waals surface area contributed by atoms with Crippen LogP contribution < -0.4 is 10.7 Å². The Balaban J connectivity index is 1.57. The fourth-order valence-corrected chi connectivity index (χ4v) is 3.20. The van der Waals surface area contributed by atoms with E-state index in [0.717, 1.165) is 5.75 Å². The average Bonchev–Trinajstić information content (AvgIpc) is 3.30. The van der Waals surface area contributed by atoms with Gasteiger partial charge in [0.25, 0.3) is 0 Å². The van der Waals surface area contributed by atoms with Crippen molar-refractivity contribution < 1.29 is 9.21 Å². The van der Waals surface area contributed by atoms with E-state index in [1.54, 1.807) is 29.8 Å². The van der Waals surface area contributed by atoms with Crippen molar-refractivity contribution in [3.63, 3.8) is 0 Å². The maximum absolute atomic E-state index is 11.9. The molecule has 3 aromatic rings. The molecule has 0 fully saturated rings. The van der Waals surface area contributed by atoms with Gasteiger partial charge in [-0.05, 0) is 42.9 Å². The molecule has 0 aliphatic heterocycles. The summed E-state index contributed by atoms with van der Waals surface area (Å²) in [5, 5.41) is 11.6. The lowest BCUT2D eigenvalue weighted by Crippen LogP contribution is -2.37. The number of hydrogen-bond acceptors (Lipinski definition) is 6. The lowest BCUT2D eigenvalue weighted by Gasteiger charge is -2.12. The Morgan fingerprint density at radius 2 is 2.07 bits per heavy atom. The van der Waals surface area contributed by atoms with E-state index in [9.17, 15) is 4.79 Å². The van der Waals surface area contributed by atoms with E-state index < -0.39 is 0 Å². The molecule has 9 heteroatoms. The first-order valence-electron chi connectivity index (χ1n) is 8.04. The normalized spacial score (nSPS) is 10.9. The van der Waals surface area contributed by atoms with Crippen LogP contribution in [0.2, 0.25) is 0 Å². The predicted octanol–water partition coefficient (Wildman–Crippen LogP) is 3.13. The van der Waals surface area contributed by atoms with Crippen molar-refractivity contribution in [2.24, 2.45) is 0 Å². The molecule has 2 heterocycles. The Bertz CT molecular complexity index is 936. The third-order valence-corrected chi connectivity index (χ3v) is 4.59. The number of nitrogens with one attached hydrogen (secondary N) is 2. The molecule has 2 N–H and O–H groups in total. The molecule has 0 aliphatic rings. The third-order valence-electron chi connectivity index (χ3n) is 3.40. The molecule has 0 bridgehead atoms. The SMILES string of the molecule is Cc1nnc(SCc2ccccc2)n1NC(=S)NC(=O)C=Cc1ccco1. The zero-order valence-corrected chi connectivity index (χ0v) is 16.1. The highest BCUT2D eigenvalue weighted by molar-refractivity contribution is 7.98. The van der Waals surface area contributed by atoms with E-state index in [2.05, 4.69) is 20.9 Å². The molecule has 0 atom stereocenters. The Hall–Kier alpha value is -2.91. The molecular weight excluding hydrogens is 382 g/mol. The lowest BCUT2D eigenvalue weighted by molar-refractivity contribution is -0.115. The van der Waals surface area contributed by atoms with Crippen LogP contribution in [0.3, 0.4) is 0 Å². The van der Waals surface area contributed by atoms with Gasteiger partial charge in [0.2, 0.25) is 11.1 Å². The van der Waals surface area contributed by atoms with E-state index in [4.69, 9.17) is 16.6 Å². The van der Waals surface area contributed by atoms with Gasteiger partial charge < -0.3 is 4.42 Å². The van der Waals surface area contributed by atoms with Gasteiger partial charge in [0.05, 0.1) is 6.26 Å². The molecule has 27 heavy (non-hydrogen) atoms. The summed E-state index contributed by atoms with van der Waals surface area (Å²) in [5.74, 6) is 1.59. The average molecular weight is 400 g/mol. The van der Waals surface area contributed by atoms with E-state index >= 15 is 0 Å². The molecule has 138 valence electrons. The number of carbonyl (C=O) groups excluding carboxylic acids is 1. The first-order valence-corrected chi connectivity index (χ1v) is 9.43. The number of rotatable bonds is 6. The van der Waals surface area contributed by atoms with E-state index in [1.807, 2.05) is 30.3 Å². The van der Waals surface area contributed by atoms with Crippen molar-refractivity contribution in [1.29, 1.82) is 0 Å². The van der Waals surface area contributed by atoms with Crippen molar-refractivity contribution in [1.82, 2.24) is 20.2 Å². The van der Waals surface area contributed by atoms with Gasteiger partial charge in [0, 0.05) is 11.8 Å². The lowest BCUT2D eigenvalue weighted by atomic mass is 10.2. The number of aromatic nitrogens is 3. The van der Waals surface area contributed by atoms with E-state index in [1.165, 1.54) is 29.7 Å². The summed E-state index contributed by atoms with van der Waals surface area (Å²) in [5.41, 5.74) is 4.11. The minimum atomic E-state index is -0.367. The summed E-state index contributed by atoms with van der Waals surface area (Å²) in [6.07, 6.45) is 4.44. The number of nitrogens with zero attached hydrogens (tertiary/aromatic N) is 3. The number of hydrogen-bond donors (Lipinski definition) is 2. The number of thiocarbonyl (C=S) groups is 1. The summed E-state index contributed by atoms with van der Waals surface area (Å²) in [7, 11) is 0. The molecule has 7 nitrogen and oxygen atoms in total. The van der Waals surface area contributed by atoms with Crippen LogP contribution in [-0.2, 0) is 10.5 Å². The largest absolute Gasteiger partial charge is 0.465 e. The van der Waals surface area contributed by atoms with Crippen LogP contribution >= 0.6 is 24.0 Å². The van der Waals surface area contributed by atoms with Gasteiger partial charge >= 0.3 is 0 Å². The van der Waals surface area contributed by atoms with Crippen molar-refractivity contribution in [2.45, 2.75) is 17.8 Å². The Morgan fingerprint density at radius 1 is 1.26 bits per heavy atom. The van der Waals surface area contributed by atoms with Gasteiger partial charge in [0.1, 0.15) is 11.6 Å². The monoisotopic (exact) mass is 399 g/mol. The minimum absolute atomic E-state index is 0.147. The van der Waals surface area contributed by atoms with Gasteiger partial charge in [-0.1, -0.05) is 42.1 Å². The van der Waals surface area contributed by atoms with Gasteiger partial charge in [-0.25, -0.2) is 4.68 Å². The quantitative estimate of drug-likeness (QED) is 0.374. The van der Waals surface area contributed by atoms with Gasteiger partial charge in [-0.3, -0.25) is 15.5 Å². The predicted molar refractivity (Wildman–Crippen MR) is 109 cm³/mol. The van der Waals surface area contributed by atoms with Crippen molar-refractivity contribution >= 4 is 41.1 Å². The molecule has 3 rings (SSSR count). The molecule has 2 aromatic heterocycles. The van der Waals surface area contributed by atoms with Gasteiger partial charge in [-0.2, -0.15) is 0 Å². The highest BCUT2D eigenvalue weighted by Crippen LogP contribution is 2.20. The van der Waals surface area contributed by atoms with Crippen LogP contribution in [0.4, 0.5) is 0 Å². The number of benzene rings is 1. The van der Waals surface area contributed by atoms with Crippen LogP contribution in [0.5, 0.6) is 0 Å². The fourth-order valence-electron chi connectivity index (χ4n) is 2.11. The summed E-state index contributed by atoms with van der Waals surface area (Å²) in [6, 6.07) is 13.5. The highest BCUT2D eigenvalue weighted by Gasteiger charge is 2.12. The van der Waals surface area contributed by atoms with Crippen molar-refractivity contribution in [3.8, 4) is 0 Å². The molecule has 0 aliphatic carbocycles. The topological polar surface area (TPSA) is 85.0 Å². The summed E-state index contributed by atoms with van der Waals surface area (Å²) in [4.78, 5) is 11.9. The highest BCUT2D eigenvalue weighted by atomic mass is 32.2. The molecule has 0 saturated carbocycles. The number of amides is 1. The second kappa shape index (κ2) is 9.15. The van der Waals surface area contributed by atoms with Gasteiger partial charge in [-0.15, -0.1) is 10.2 Å². The molecule has 0 spiro atoms. The minimum Gasteiger partial charge on any atom is -0.465 e. The standard InChI is InChI=1S/C18H17N5O2S2/c1-13-20-21-18(27-12-14-6-3-2-4-7-14)23(13)22-17(26)19-16(24)10-9-15-8-5-11-25-15/h2-11H,12H2,1H3,(H2,19,22,24,26). The Kier molecular flexibility index (Phi) is 6.39. The zero-order valence-electron chi connectivity index (χ0n) is 14.5. The molecule has 1 amide bonds. The number of furan rings is 1. The molecule has 1 aromatic carbocycles. The first kappa shape index (κ1) is 18.9. The van der Waals surface area contributed by atoms with Crippen LogP contribution in [0.25, 0.3) is 6.08 Å². The Labute approximate surface area is 165 Å². The van der Waals surface area contributed by atoms with Gasteiger partial charge in [0.15, 0.2) is 5.11 Å². The van der Waals surface area contributed by atoms with Crippen LogP contribution in [0.15, 0.2) is 64.4 Å². The smallest absolute Gasteiger partial charge is 0.250 e. The summed E-state index contributed by atoms with van der Waals surface area (Å²) >= 11 is 6.72. The van der Waals surface area contributed by atoms with Crippen LogP contribution in [-0.4, -0.2) is 25.9 Å². The number of aryl methyl sites for hydroxylation is 1. The second-order valence-corrected chi connectivity index (χ2v) is 6.77. The van der Waals surface area contributed by atoms with E-state index in [0.29, 0.717) is 16.7 Å². The maximum Gasteiger partial charge on any atom is 0.250 e. The molecule has 0 radical (unpaired) electrons. The number of thioether (sulfide) groups is 1. The van der Waals surface area contributed by atoms with Crippen molar-refractivity contribution in [3.05, 3.63) is 72.0 Å². The third kappa shape index (κ3) is 5.53. The fraction of sp³-hybridized carbons (Fsp3) is 0.111. The second-order valence-electron chi connectivity index (χ2n) is 5.42. The Morgan fingerprint density at radius 3 is 2.81 bits per heavy atom. The van der Waals surface area contributed by atoms with Crippen LogP contribution in [0, 0.1) is 6.92 Å². The van der Waals surface area contributed by atoms with E-state index in [-0.39, 0.29) is 11.0 Å². The molecule has 0 saturated heterocycles. The van der Waals surface area contributed by atoms with Crippen LogP contribution in [0.1, 0.15) is 17.1 Å².